The number of halogens is 3. The summed E-state index contributed by atoms with van der Waals surface area (Å²) < 4.78 is 36.0. The van der Waals surface area contributed by atoms with E-state index in [1.165, 1.54) is 0 Å². The molecule has 1 aromatic heterocycles. The Hall–Kier alpha value is -1.57. The summed E-state index contributed by atoms with van der Waals surface area (Å²) in [5.74, 6) is 4.35. The minimum atomic E-state index is -4.65. The summed E-state index contributed by atoms with van der Waals surface area (Å²) in [6.07, 6.45) is -4.65. The molecule has 0 aromatic carbocycles. The molecule has 1 rings (SSSR count). The highest BCUT2D eigenvalue weighted by Crippen LogP contribution is 2.26. The Morgan fingerprint density at radius 3 is 2.62 bits per heavy atom. The Morgan fingerprint density at radius 1 is 1.54 bits per heavy atom. The maximum absolute atomic E-state index is 12.0. The number of hydrogen-bond donors (Lipinski definition) is 3. The lowest BCUT2D eigenvalue weighted by Gasteiger charge is -2.05. The van der Waals surface area contributed by atoms with Crippen molar-refractivity contribution < 1.29 is 13.2 Å². The number of rotatable bonds is 1. The first-order valence-electron chi connectivity index (χ1n) is 3.08. The third-order valence-corrected chi connectivity index (χ3v) is 1.17. The van der Waals surface area contributed by atoms with E-state index in [9.17, 15) is 18.0 Å². The standard InChI is InChI=1S/C5H5F3N4O/c6-5(7,8)2-1-3(13)11-4(10-2)12-9/h1H,9H2,(H2,10,11,12,13). The van der Waals surface area contributed by atoms with Crippen LogP contribution in [0.3, 0.4) is 0 Å². The van der Waals surface area contributed by atoms with Crippen LogP contribution in [0.15, 0.2) is 10.9 Å². The molecule has 0 unspecified atom stereocenters. The number of hydrazine groups is 1. The molecule has 0 fully saturated rings. The van der Waals surface area contributed by atoms with Gasteiger partial charge in [0.1, 0.15) is 0 Å². The van der Waals surface area contributed by atoms with E-state index in [0.29, 0.717) is 6.07 Å². The Labute approximate surface area is 69.8 Å². The molecule has 8 heteroatoms. The van der Waals surface area contributed by atoms with E-state index in [2.05, 4.69) is 4.98 Å². The molecule has 0 aliphatic carbocycles. The zero-order valence-corrected chi connectivity index (χ0v) is 6.14. The van der Waals surface area contributed by atoms with Crippen molar-refractivity contribution in [2.24, 2.45) is 5.84 Å². The highest BCUT2D eigenvalue weighted by atomic mass is 19.4. The van der Waals surface area contributed by atoms with Gasteiger partial charge in [-0.25, -0.2) is 10.8 Å². The van der Waals surface area contributed by atoms with Crippen LogP contribution in [0.5, 0.6) is 0 Å². The van der Waals surface area contributed by atoms with Crippen molar-refractivity contribution in [2.45, 2.75) is 6.18 Å². The number of aromatic amines is 1. The summed E-state index contributed by atoms with van der Waals surface area (Å²) in [6, 6.07) is 0.348. The van der Waals surface area contributed by atoms with E-state index in [-0.39, 0.29) is 0 Å². The van der Waals surface area contributed by atoms with Gasteiger partial charge in [0, 0.05) is 6.07 Å². The van der Waals surface area contributed by atoms with Crippen LogP contribution >= 0.6 is 0 Å². The lowest BCUT2D eigenvalue weighted by Crippen LogP contribution is -2.21. The maximum Gasteiger partial charge on any atom is 0.433 e. The van der Waals surface area contributed by atoms with Gasteiger partial charge in [-0.05, 0) is 0 Å². The molecule has 1 aromatic rings. The van der Waals surface area contributed by atoms with Gasteiger partial charge in [0.2, 0.25) is 5.95 Å². The first-order chi connectivity index (χ1) is 5.93. The Kier molecular flexibility index (Phi) is 2.24. The number of H-pyrrole nitrogens is 1. The number of aromatic nitrogens is 2. The number of nitrogens with two attached hydrogens (primary N) is 1. The van der Waals surface area contributed by atoms with Gasteiger partial charge in [-0.15, -0.1) is 0 Å². The second-order valence-corrected chi connectivity index (χ2v) is 2.12. The predicted octanol–water partition coefficient (Wildman–Crippen LogP) is 0.0743. The fourth-order valence-corrected chi connectivity index (χ4v) is 0.671. The van der Waals surface area contributed by atoms with Crippen LogP contribution < -0.4 is 16.8 Å². The smallest absolute Gasteiger partial charge is 0.294 e. The molecule has 0 saturated carbocycles. The predicted molar refractivity (Wildman–Crippen MR) is 37.7 cm³/mol. The van der Waals surface area contributed by atoms with Crippen molar-refractivity contribution in [2.75, 3.05) is 5.43 Å². The number of nitrogens with zero attached hydrogens (tertiary/aromatic N) is 1. The van der Waals surface area contributed by atoms with Crippen LogP contribution in [-0.4, -0.2) is 9.97 Å². The first-order valence-corrected chi connectivity index (χ1v) is 3.08. The van der Waals surface area contributed by atoms with Crippen LogP contribution in [-0.2, 0) is 6.18 Å². The highest BCUT2D eigenvalue weighted by molar-refractivity contribution is 5.23. The summed E-state index contributed by atoms with van der Waals surface area (Å²) in [5.41, 5.74) is -0.395. The van der Waals surface area contributed by atoms with Gasteiger partial charge < -0.3 is 0 Å². The zero-order chi connectivity index (χ0) is 10.1. The van der Waals surface area contributed by atoms with E-state index >= 15 is 0 Å². The molecule has 13 heavy (non-hydrogen) atoms. The van der Waals surface area contributed by atoms with Crippen molar-refractivity contribution in [3.05, 3.63) is 22.1 Å². The van der Waals surface area contributed by atoms with Crippen LogP contribution in [0.1, 0.15) is 5.69 Å². The lowest BCUT2D eigenvalue weighted by atomic mass is 10.4. The molecule has 0 aliphatic rings. The molecule has 0 radical (unpaired) electrons. The zero-order valence-electron chi connectivity index (χ0n) is 6.14. The normalized spacial score (nSPS) is 11.4. The molecule has 0 amide bonds. The summed E-state index contributed by atoms with van der Waals surface area (Å²) in [4.78, 5) is 15.6. The van der Waals surface area contributed by atoms with E-state index < -0.39 is 23.4 Å². The summed E-state index contributed by atoms with van der Waals surface area (Å²) in [5, 5.41) is 0. The monoisotopic (exact) mass is 194 g/mol. The Balaban J connectivity index is 3.24. The van der Waals surface area contributed by atoms with Gasteiger partial charge in [0.05, 0.1) is 0 Å². The topological polar surface area (TPSA) is 83.8 Å². The van der Waals surface area contributed by atoms with Gasteiger partial charge in [-0.3, -0.25) is 15.2 Å². The van der Waals surface area contributed by atoms with Crippen LogP contribution in [0.25, 0.3) is 0 Å². The van der Waals surface area contributed by atoms with Crippen molar-refractivity contribution in [1.82, 2.24) is 9.97 Å². The fraction of sp³-hybridized carbons (Fsp3) is 0.200. The molecule has 5 nitrogen and oxygen atoms in total. The molecular formula is C5H5F3N4O. The largest absolute Gasteiger partial charge is 0.433 e. The number of anilines is 1. The van der Waals surface area contributed by atoms with Crippen molar-refractivity contribution >= 4 is 5.95 Å². The van der Waals surface area contributed by atoms with Crippen LogP contribution in [0.4, 0.5) is 19.1 Å². The third-order valence-electron chi connectivity index (χ3n) is 1.17. The summed E-state index contributed by atoms with van der Waals surface area (Å²) >= 11 is 0. The molecule has 0 atom stereocenters. The first kappa shape index (κ1) is 9.52. The van der Waals surface area contributed by atoms with Crippen LogP contribution in [0, 0.1) is 0 Å². The molecule has 0 spiro atoms. The summed E-state index contributed by atoms with van der Waals surface area (Å²) in [6.45, 7) is 0. The van der Waals surface area contributed by atoms with Gasteiger partial charge >= 0.3 is 6.18 Å². The third kappa shape index (κ3) is 2.18. The number of nitrogens with one attached hydrogen (secondary N) is 2. The van der Waals surface area contributed by atoms with Crippen LogP contribution in [0.2, 0.25) is 0 Å². The van der Waals surface area contributed by atoms with Crippen molar-refractivity contribution in [1.29, 1.82) is 0 Å². The molecule has 72 valence electrons. The molecule has 0 bridgehead atoms. The molecule has 4 N–H and O–H groups in total. The second-order valence-electron chi connectivity index (χ2n) is 2.12. The van der Waals surface area contributed by atoms with E-state index in [0.717, 1.165) is 0 Å². The van der Waals surface area contributed by atoms with E-state index in [1.807, 2.05) is 10.4 Å². The van der Waals surface area contributed by atoms with Crippen molar-refractivity contribution in [3.8, 4) is 0 Å². The minimum absolute atomic E-state index is 0.348. The van der Waals surface area contributed by atoms with Gasteiger partial charge in [-0.2, -0.15) is 13.2 Å². The number of hydrogen-bond acceptors (Lipinski definition) is 4. The average molecular weight is 194 g/mol. The number of nitrogen functional groups attached to an aromatic ring is 1. The van der Waals surface area contributed by atoms with Gasteiger partial charge in [-0.1, -0.05) is 0 Å². The van der Waals surface area contributed by atoms with E-state index in [4.69, 9.17) is 5.84 Å². The fourth-order valence-electron chi connectivity index (χ4n) is 0.671. The number of alkyl halides is 3. The van der Waals surface area contributed by atoms with E-state index in [1.54, 1.807) is 0 Å². The Bertz CT molecular complexity index is 358. The SMILES string of the molecule is NNc1nc(C(F)(F)F)cc(=O)[nH]1. The summed E-state index contributed by atoms with van der Waals surface area (Å²) in [7, 11) is 0. The lowest BCUT2D eigenvalue weighted by molar-refractivity contribution is -0.141. The second kappa shape index (κ2) is 3.05. The average Bonchev–Trinajstić information content (AvgIpc) is 2.01. The van der Waals surface area contributed by atoms with Gasteiger partial charge in [0.25, 0.3) is 5.56 Å². The molecule has 0 aliphatic heterocycles. The molecular weight excluding hydrogens is 189 g/mol. The highest BCUT2D eigenvalue weighted by Gasteiger charge is 2.33. The minimum Gasteiger partial charge on any atom is -0.294 e. The molecule has 1 heterocycles. The Morgan fingerprint density at radius 2 is 2.15 bits per heavy atom. The van der Waals surface area contributed by atoms with Gasteiger partial charge in [0.15, 0.2) is 5.69 Å². The molecule has 0 saturated heterocycles. The van der Waals surface area contributed by atoms with Crippen molar-refractivity contribution in [3.63, 3.8) is 0 Å². The maximum atomic E-state index is 12.0. The quantitative estimate of drug-likeness (QED) is 0.436.